The van der Waals surface area contributed by atoms with Crippen LogP contribution in [0.5, 0.6) is 0 Å². The number of benzene rings is 1. The topological polar surface area (TPSA) is 151 Å². The third-order valence-corrected chi connectivity index (χ3v) is 4.34. The van der Waals surface area contributed by atoms with E-state index in [1.165, 1.54) is 0 Å². The van der Waals surface area contributed by atoms with Crippen molar-refractivity contribution in [3.63, 3.8) is 0 Å². The van der Waals surface area contributed by atoms with Crippen LogP contribution in [0.15, 0.2) is 30.5 Å². The van der Waals surface area contributed by atoms with Gasteiger partial charge in [-0.1, -0.05) is 18.2 Å². The van der Waals surface area contributed by atoms with Crippen LogP contribution in [-0.4, -0.2) is 51.3 Å². The van der Waals surface area contributed by atoms with E-state index in [0.29, 0.717) is 0 Å². The number of nitrogens with zero attached hydrogens (tertiary/aromatic N) is 2. The van der Waals surface area contributed by atoms with Crippen molar-refractivity contribution in [1.29, 1.82) is 0 Å². The predicted molar refractivity (Wildman–Crippen MR) is 112 cm³/mol. The molecular formula is C21H27N5O4. The molecule has 0 bridgehead atoms. The van der Waals surface area contributed by atoms with Crippen molar-refractivity contribution in [2.45, 2.75) is 57.7 Å². The largest absolute Gasteiger partial charge is 0.458 e. The molecule has 0 spiro atoms. The predicted octanol–water partition coefficient (Wildman–Crippen LogP) is 1.51. The normalized spacial score (nSPS) is 13.2. The molecule has 2 aromatic rings. The SMILES string of the molecule is CC(C)(C)OC(=O)[C@H](CCC(=O)C=[N+]=[N-])NC(=O)[C@@H](N)Cc1c[nH]c2ccccc12. The summed E-state index contributed by atoms with van der Waals surface area (Å²) in [4.78, 5) is 42.6. The number of hydrogen-bond acceptors (Lipinski definition) is 5. The highest BCUT2D eigenvalue weighted by Crippen LogP contribution is 2.19. The van der Waals surface area contributed by atoms with Crippen molar-refractivity contribution in [3.05, 3.63) is 41.6 Å². The number of carbonyl (C=O) groups excluding carboxylic acids is 3. The smallest absolute Gasteiger partial charge is 0.329 e. The van der Waals surface area contributed by atoms with E-state index in [1.807, 2.05) is 24.3 Å². The van der Waals surface area contributed by atoms with Crippen LogP contribution in [0.3, 0.4) is 0 Å². The molecule has 9 nitrogen and oxygen atoms in total. The van der Waals surface area contributed by atoms with Gasteiger partial charge in [-0.15, -0.1) is 0 Å². The fraction of sp³-hybridized carbons (Fsp3) is 0.429. The van der Waals surface area contributed by atoms with Gasteiger partial charge >= 0.3 is 12.2 Å². The van der Waals surface area contributed by atoms with Crippen molar-refractivity contribution < 1.29 is 23.9 Å². The summed E-state index contributed by atoms with van der Waals surface area (Å²) in [6.45, 7) is 5.11. The number of aromatic nitrogens is 1. The maximum atomic E-state index is 12.7. The Morgan fingerprint density at radius 1 is 1.30 bits per heavy atom. The number of aromatic amines is 1. The van der Waals surface area contributed by atoms with Gasteiger partial charge in [-0.05, 0) is 45.2 Å². The lowest BCUT2D eigenvalue weighted by atomic mass is 10.0. The van der Waals surface area contributed by atoms with Gasteiger partial charge in [-0.2, -0.15) is 4.79 Å². The standard InChI is InChI=1S/C21H27N5O4/c1-21(2,3)30-20(29)18(9-8-14(27)12-25-23)26-19(28)16(22)10-13-11-24-17-7-5-4-6-15(13)17/h4-7,11-12,16,18,24H,8-10,22H2,1-3H3,(H,26,28)/t16-,18-/m0/s1. The molecule has 0 fully saturated rings. The van der Waals surface area contributed by atoms with Crippen LogP contribution in [-0.2, 0) is 25.5 Å². The van der Waals surface area contributed by atoms with Crippen molar-refractivity contribution in [3.8, 4) is 0 Å². The number of carbonyl (C=O) groups is 3. The minimum absolute atomic E-state index is 0.00862. The first-order chi connectivity index (χ1) is 14.1. The number of H-pyrrole nitrogens is 1. The Hall–Kier alpha value is -3.29. The minimum Gasteiger partial charge on any atom is -0.458 e. The summed E-state index contributed by atoms with van der Waals surface area (Å²) in [6, 6.07) is 5.71. The molecule has 0 unspecified atom stereocenters. The number of para-hydroxylation sites is 1. The van der Waals surface area contributed by atoms with Gasteiger partial charge in [0.25, 0.3) is 0 Å². The molecule has 30 heavy (non-hydrogen) atoms. The molecule has 9 heteroatoms. The molecule has 0 saturated heterocycles. The average Bonchev–Trinajstić information content (AvgIpc) is 3.06. The summed E-state index contributed by atoms with van der Waals surface area (Å²) < 4.78 is 5.34. The summed E-state index contributed by atoms with van der Waals surface area (Å²) in [5, 5.41) is 3.56. The number of rotatable bonds is 9. The third kappa shape index (κ3) is 6.65. The Kier molecular flexibility index (Phi) is 7.63. The number of fused-ring (bicyclic) bond motifs is 1. The Bertz CT molecular complexity index is 969. The van der Waals surface area contributed by atoms with Gasteiger partial charge in [0.1, 0.15) is 11.6 Å². The first-order valence-electron chi connectivity index (χ1n) is 9.65. The van der Waals surface area contributed by atoms with E-state index in [4.69, 9.17) is 16.0 Å². The van der Waals surface area contributed by atoms with Gasteiger partial charge in [0.05, 0.1) is 6.04 Å². The van der Waals surface area contributed by atoms with Crippen molar-refractivity contribution in [2.75, 3.05) is 0 Å². The molecule has 1 aromatic heterocycles. The molecule has 2 atom stereocenters. The molecule has 0 aliphatic rings. The Labute approximate surface area is 174 Å². The van der Waals surface area contributed by atoms with Crippen LogP contribution in [0.4, 0.5) is 0 Å². The second-order valence-corrected chi connectivity index (χ2v) is 8.01. The monoisotopic (exact) mass is 413 g/mol. The third-order valence-electron chi connectivity index (χ3n) is 4.34. The number of esters is 1. The zero-order valence-electron chi connectivity index (χ0n) is 17.3. The van der Waals surface area contributed by atoms with E-state index >= 15 is 0 Å². The van der Waals surface area contributed by atoms with Crippen molar-refractivity contribution in [1.82, 2.24) is 10.3 Å². The molecule has 0 aliphatic heterocycles. The van der Waals surface area contributed by atoms with Gasteiger partial charge < -0.3 is 26.3 Å². The Balaban J connectivity index is 2.07. The lowest BCUT2D eigenvalue weighted by Gasteiger charge is -2.25. The number of hydrogen-bond donors (Lipinski definition) is 3. The number of nitrogens with one attached hydrogen (secondary N) is 2. The number of amides is 1. The van der Waals surface area contributed by atoms with E-state index in [9.17, 15) is 14.4 Å². The quantitative estimate of drug-likeness (QED) is 0.246. The molecule has 0 radical (unpaired) electrons. The molecular weight excluding hydrogens is 386 g/mol. The van der Waals surface area contributed by atoms with E-state index in [2.05, 4.69) is 15.1 Å². The highest BCUT2D eigenvalue weighted by molar-refractivity contribution is 6.25. The summed E-state index contributed by atoms with van der Waals surface area (Å²) in [5.41, 5.74) is 15.6. The molecule has 2 rings (SSSR count). The van der Waals surface area contributed by atoms with Crippen LogP contribution in [0.1, 0.15) is 39.2 Å². The summed E-state index contributed by atoms with van der Waals surface area (Å²) in [7, 11) is 0. The first-order valence-corrected chi connectivity index (χ1v) is 9.65. The van der Waals surface area contributed by atoms with Gasteiger partial charge in [-0.3, -0.25) is 9.59 Å². The van der Waals surface area contributed by atoms with E-state index in [0.717, 1.165) is 22.7 Å². The Morgan fingerprint density at radius 2 is 2.00 bits per heavy atom. The zero-order valence-corrected chi connectivity index (χ0v) is 17.3. The van der Waals surface area contributed by atoms with Crippen LogP contribution >= 0.6 is 0 Å². The van der Waals surface area contributed by atoms with Crippen LogP contribution < -0.4 is 11.1 Å². The molecule has 0 saturated carbocycles. The van der Waals surface area contributed by atoms with Crippen LogP contribution in [0.2, 0.25) is 0 Å². The minimum atomic E-state index is -1.05. The summed E-state index contributed by atoms with van der Waals surface area (Å²) in [6.07, 6.45) is 2.71. The zero-order chi connectivity index (χ0) is 22.3. The van der Waals surface area contributed by atoms with Crippen LogP contribution in [0, 0.1) is 0 Å². The fourth-order valence-corrected chi connectivity index (χ4v) is 2.95. The highest BCUT2D eigenvalue weighted by Gasteiger charge is 2.29. The molecule has 1 amide bonds. The second-order valence-electron chi connectivity index (χ2n) is 8.01. The van der Waals surface area contributed by atoms with Gasteiger partial charge in [-0.25, -0.2) is 4.79 Å². The number of Topliss-reactive ketones (excluding diaryl/α,β-unsaturated/α-hetero) is 1. The highest BCUT2D eigenvalue weighted by atomic mass is 16.6. The maximum absolute atomic E-state index is 12.7. The fourth-order valence-electron chi connectivity index (χ4n) is 2.95. The Morgan fingerprint density at radius 3 is 2.67 bits per heavy atom. The van der Waals surface area contributed by atoms with Crippen LogP contribution in [0.25, 0.3) is 16.4 Å². The average molecular weight is 413 g/mol. The summed E-state index contributed by atoms with van der Waals surface area (Å²) >= 11 is 0. The number of nitrogens with two attached hydrogens (primary N) is 1. The lowest BCUT2D eigenvalue weighted by molar-refractivity contribution is -0.159. The van der Waals surface area contributed by atoms with Gasteiger partial charge in [0.15, 0.2) is 0 Å². The van der Waals surface area contributed by atoms with Gasteiger partial charge in [0, 0.05) is 23.5 Å². The number of ether oxygens (including phenoxy) is 1. The molecule has 4 N–H and O–H groups in total. The summed E-state index contributed by atoms with van der Waals surface area (Å²) in [5.74, 6) is -1.67. The second kappa shape index (κ2) is 9.96. The number of ketones is 1. The molecule has 1 aromatic carbocycles. The van der Waals surface area contributed by atoms with Crippen molar-refractivity contribution >= 4 is 34.8 Å². The first kappa shape index (κ1) is 23.0. The molecule has 0 aliphatic carbocycles. The van der Waals surface area contributed by atoms with E-state index in [1.54, 1.807) is 27.0 Å². The van der Waals surface area contributed by atoms with E-state index in [-0.39, 0.29) is 19.3 Å². The van der Waals surface area contributed by atoms with Gasteiger partial charge in [0.2, 0.25) is 11.7 Å². The van der Waals surface area contributed by atoms with E-state index < -0.39 is 35.3 Å². The lowest BCUT2D eigenvalue weighted by Crippen LogP contribution is -2.50. The maximum Gasteiger partial charge on any atom is 0.329 e. The molecule has 160 valence electrons. The molecule has 1 heterocycles. The van der Waals surface area contributed by atoms with Crippen molar-refractivity contribution in [2.24, 2.45) is 5.73 Å².